The van der Waals surface area contributed by atoms with Gasteiger partial charge in [-0.2, -0.15) is 0 Å². The first-order chi connectivity index (χ1) is 8.97. The lowest BCUT2D eigenvalue weighted by Gasteiger charge is -2.15. The lowest BCUT2D eigenvalue weighted by atomic mass is 10.0. The quantitative estimate of drug-likeness (QED) is 0.775. The second-order valence-electron chi connectivity index (χ2n) is 5.26. The molecule has 2 N–H and O–H groups in total. The third-order valence-corrected chi connectivity index (χ3v) is 3.14. The van der Waals surface area contributed by atoms with Gasteiger partial charge in [0.25, 0.3) is 5.91 Å². The van der Waals surface area contributed by atoms with Gasteiger partial charge in [0, 0.05) is 13.7 Å². The number of carbonyl (C=O) groups is 1. The van der Waals surface area contributed by atoms with Crippen molar-refractivity contribution < 1.29 is 9.53 Å². The lowest BCUT2D eigenvalue weighted by molar-refractivity contribution is 0.0994. The highest BCUT2D eigenvalue weighted by molar-refractivity contribution is 5.91. The van der Waals surface area contributed by atoms with Gasteiger partial charge in [0.2, 0.25) is 0 Å². The molecule has 1 rings (SSSR count). The molecule has 19 heavy (non-hydrogen) atoms. The minimum absolute atomic E-state index is 0.141. The molecule has 0 aliphatic heterocycles. The molecule has 0 fully saturated rings. The van der Waals surface area contributed by atoms with E-state index in [2.05, 4.69) is 24.2 Å². The van der Waals surface area contributed by atoms with E-state index in [0.29, 0.717) is 18.2 Å². The molecule has 0 bridgehead atoms. The highest BCUT2D eigenvalue weighted by atomic mass is 16.5. The summed E-state index contributed by atoms with van der Waals surface area (Å²) in [6.07, 6.45) is 2.57. The van der Waals surface area contributed by atoms with Crippen molar-refractivity contribution in [2.24, 2.45) is 11.7 Å². The van der Waals surface area contributed by atoms with Gasteiger partial charge in [0.05, 0.1) is 11.7 Å². The summed E-state index contributed by atoms with van der Waals surface area (Å²) in [5, 5.41) is 8.00. The van der Waals surface area contributed by atoms with E-state index in [-0.39, 0.29) is 6.04 Å². The van der Waals surface area contributed by atoms with Crippen LogP contribution >= 0.6 is 0 Å². The molecule has 1 amide bonds. The minimum Gasteiger partial charge on any atom is -0.385 e. The largest absolute Gasteiger partial charge is 0.385 e. The van der Waals surface area contributed by atoms with E-state index in [4.69, 9.17) is 10.5 Å². The molecule has 0 saturated heterocycles. The number of nitrogens with two attached hydrogens (primary N) is 1. The van der Waals surface area contributed by atoms with E-state index in [1.165, 1.54) is 0 Å². The Morgan fingerprint density at radius 2 is 2.05 bits per heavy atom. The first-order valence-electron chi connectivity index (χ1n) is 6.70. The number of hydrogen-bond donors (Lipinski definition) is 1. The fourth-order valence-corrected chi connectivity index (χ4v) is 1.93. The lowest BCUT2D eigenvalue weighted by Crippen LogP contribution is -2.18. The summed E-state index contributed by atoms with van der Waals surface area (Å²) < 4.78 is 6.88. The predicted molar refractivity (Wildman–Crippen MR) is 72.9 cm³/mol. The van der Waals surface area contributed by atoms with Crippen LogP contribution in [0.15, 0.2) is 0 Å². The predicted octanol–water partition coefficient (Wildman–Crippen LogP) is 1.56. The van der Waals surface area contributed by atoms with Crippen LogP contribution in [0.4, 0.5) is 0 Å². The Hall–Kier alpha value is -1.43. The summed E-state index contributed by atoms with van der Waals surface area (Å²) in [4.78, 5) is 11.4. The van der Waals surface area contributed by atoms with Crippen LogP contribution < -0.4 is 5.73 Å². The zero-order chi connectivity index (χ0) is 14.4. The van der Waals surface area contributed by atoms with E-state index in [1.54, 1.807) is 7.11 Å². The van der Waals surface area contributed by atoms with Crippen LogP contribution in [0, 0.1) is 5.92 Å². The van der Waals surface area contributed by atoms with Crippen molar-refractivity contribution in [2.45, 2.75) is 46.1 Å². The Morgan fingerprint density at radius 1 is 1.37 bits per heavy atom. The topological polar surface area (TPSA) is 83.0 Å². The molecule has 6 nitrogen and oxygen atoms in total. The van der Waals surface area contributed by atoms with Crippen molar-refractivity contribution in [3.63, 3.8) is 0 Å². The van der Waals surface area contributed by atoms with Crippen LogP contribution in [0.2, 0.25) is 0 Å². The highest BCUT2D eigenvalue weighted by Gasteiger charge is 2.20. The van der Waals surface area contributed by atoms with Gasteiger partial charge in [0.15, 0.2) is 5.69 Å². The average Bonchev–Trinajstić information content (AvgIpc) is 2.77. The molecular formula is C13H24N4O2. The molecule has 1 aromatic rings. The van der Waals surface area contributed by atoms with Crippen molar-refractivity contribution in [1.29, 1.82) is 0 Å². The van der Waals surface area contributed by atoms with Crippen LogP contribution in [0.3, 0.4) is 0 Å². The van der Waals surface area contributed by atoms with Gasteiger partial charge in [-0.25, -0.2) is 4.68 Å². The van der Waals surface area contributed by atoms with Gasteiger partial charge in [-0.1, -0.05) is 19.1 Å². The molecule has 1 heterocycles. The molecule has 1 unspecified atom stereocenters. The molecule has 108 valence electrons. The van der Waals surface area contributed by atoms with Crippen molar-refractivity contribution in [3.05, 3.63) is 11.4 Å². The maximum absolute atomic E-state index is 11.4. The summed E-state index contributed by atoms with van der Waals surface area (Å²) in [5.74, 6) is 0.0438. The molecule has 0 aliphatic rings. The van der Waals surface area contributed by atoms with Crippen LogP contribution in [-0.2, 0) is 11.2 Å². The zero-order valence-corrected chi connectivity index (χ0v) is 12.2. The fourth-order valence-electron chi connectivity index (χ4n) is 1.93. The highest BCUT2D eigenvalue weighted by Crippen LogP contribution is 2.18. The molecule has 0 aliphatic carbocycles. The molecule has 0 spiro atoms. The molecule has 1 atom stereocenters. The van der Waals surface area contributed by atoms with E-state index >= 15 is 0 Å². The first-order valence-corrected chi connectivity index (χ1v) is 6.70. The maximum atomic E-state index is 11.4. The number of rotatable bonds is 8. The molecular weight excluding hydrogens is 244 g/mol. The third kappa shape index (κ3) is 4.31. The van der Waals surface area contributed by atoms with Crippen LogP contribution in [0.5, 0.6) is 0 Å². The Bertz CT molecular complexity index is 415. The number of hydrogen-bond acceptors (Lipinski definition) is 4. The standard InChI is InChI=1S/C13H24N4O2/c1-9(2)5-6-11-12(13(14)18)15-16-17(11)10(3)7-8-19-4/h9-10H,5-8H2,1-4H3,(H2,14,18). The van der Waals surface area contributed by atoms with Crippen LogP contribution in [0.1, 0.15) is 55.8 Å². The minimum atomic E-state index is -0.510. The van der Waals surface area contributed by atoms with Crippen LogP contribution in [-0.4, -0.2) is 34.6 Å². The summed E-state index contributed by atoms with van der Waals surface area (Å²) >= 11 is 0. The number of primary amides is 1. The Balaban J connectivity index is 2.93. The number of carbonyl (C=O) groups excluding carboxylic acids is 1. The Labute approximate surface area is 114 Å². The van der Waals surface area contributed by atoms with Crippen molar-refractivity contribution in [3.8, 4) is 0 Å². The smallest absolute Gasteiger partial charge is 0.271 e. The second kappa shape index (κ2) is 7.23. The van der Waals surface area contributed by atoms with Gasteiger partial charge < -0.3 is 10.5 Å². The third-order valence-electron chi connectivity index (χ3n) is 3.14. The van der Waals surface area contributed by atoms with E-state index in [0.717, 1.165) is 25.0 Å². The van der Waals surface area contributed by atoms with Gasteiger partial charge in [-0.05, 0) is 32.1 Å². The Kier molecular flexibility index (Phi) is 5.95. The van der Waals surface area contributed by atoms with E-state index in [1.807, 2.05) is 11.6 Å². The van der Waals surface area contributed by atoms with Gasteiger partial charge in [0.1, 0.15) is 0 Å². The van der Waals surface area contributed by atoms with Crippen LogP contribution in [0.25, 0.3) is 0 Å². The van der Waals surface area contributed by atoms with E-state index < -0.39 is 5.91 Å². The molecule has 6 heteroatoms. The van der Waals surface area contributed by atoms with Gasteiger partial charge >= 0.3 is 0 Å². The average molecular weight is 268 g/mol. The SMILES string of the molecule is COCCC(C)n1nnc(C(N)=O)c1CCC(C)C. The second-order valence-corrected chi connectivity index (χ2v) is 5.26. The molecule has 0 saturated carbocycles. The molecule has 0 aromatic carbocycles. The van der Waals surface area contributed by atoms with Crippen molar-refractivity contribution in [1.82, 2.24) is 15.0 Å². The summed E-state index contributed by atoms with van der Waals surface area (Å²) in [7, 11) is 1.67. The van der Waals surface area contributed by atoms with Crippen molar-refractivity contribution >= 4 is 5.91 Å². The molecule has 1 aromatic heterocycles. The number of amides is 1. The molecule has 0 radical (unpaired) electrons. The zero-order valence-electron chi connectivity index (χ0n) is 12.2. The number of methoxy groups -OCH3 is 1. The summed E-state index contributed by atoms with van der Waals surface area (Å²) in [6, 6.07) is 0.141. The van der Waals surface area contributed by atoms with Gasteiger partial charge in [-0.15, -0.1) is 5.10 Å². The Morgan fingerprint density at radius 3 is 2.58 bits per heavy atom. The summed E-state index contributed by atoms with van der Waals surface area (Å²) in [6.45, 7) is 6.98. The number of nitrogens with zero attached hydrogens (tertiary/aromatic N) is 3. The maximum Gasteiger partial charge on any atom is 0.271 e. The van der Waals surface area contributed by atoms with Gasteiger partial charge in [-0.3, -0.25) is 4.79 Å². The first kappa shape index (κ1) is 15.6. The van der Waals surface area contributed by atoms with Crippen molar-refractivity contribution in [2.75, 3.05) is 13.7 Å². The number of ether oxygens (including phenoxy) is 1. The van der Waals surface area contributed by atoms with E-state index in [9.17, 15) is 4.79 Å². The normalized spacial score (nSPS) is 12.9. The summed E-state index contributed by atoms with van der Waals surface area (Å²) in [5.41, 5.74) is 6.49. The number of aromatic nitrogens is 3. The monoisotopic (exact) mass is 268 g/mol. The fraction of sp³-hybridized carbons (Fsp3) is 0.769.